The van der Waals surface area contributed by atoms with Crippen LogP contribution in [-0.4, -0.2) is 6.61 Å². The highest BCUT2D eigenvalue weighted by molar-refractivity contribution is 6.32. The Kier molecular flexibility index (Phi) is 3.24. The molecule has 0 aliphatic carbocycles. The van der Waals surface area contributed by atoms with Gasteiger partial charge in [-0.1, -0.05) is 29.8 Å². The smallest absolute Gasteiger partial charge is 0.140 e. The molecule has 0 fully saturated rings. The van der Waals surface area contributed by atoms with Crippen LogP contribution in [0.5, 0.6) is 5.75 Å². The van der Waals surface area contributed by atoms with Crippen molar-refractivity contribution in [3.63, 3.8) is 0 Å². The zero-order valence-electron chi connectivity index (χ0n) is 13.4. The summed E-state index contributed by atoms with van der Waals surface area (Å²) in [4.78, 5) is 0. The van der Waals surface area contributed by atoms with E-state index in [2.05, 4.69) is 32.9 Å². The molecule has 0 bridgehead atoms. The average molecular weight is 325 g/mol. The topological polar surface area (TPSA) is 22.4 Å². The predicted octanol–water partition coefficient (Wildman–Crippen LogP) is 5.92. The molecule has 1 aliphatic heterocycles. The maximum atomic E-state index is 6.46. The molecule has 2 nitrogen and oxygen atoms in total. The van der Waals surface area contributed by atoms with Crippen molar-refractivity contribution in [2.45, 2.75) is 20.8 Å². The van der Waals surface area contributed by atoms with Crippen LogP contribution in [-0.2, 0) is 0 Å². The minimum atomic E-state index is 0.569. The highest BCUT2D eigenvalue weighted by Gasteiger charge is 2.25. The van der Waals surface area contributed by atoms with E-state index in [1.807, 2.05) is 18.2 Å². The second kappa shape index (κ2) is 5.17. The van der Waals surface area contributed by atoms with Crippen molar-refractivity contribution in [2.24, 2.45) is 0 Å². The standard InChI is InChI=1S/C20H17ClO2/c1-11-9-22-19-13(3)20-16(8-15(11)19)18(12(2)10-23-20)14-6-4-5-7-17(14)21/h4-9H,10H2,1-3H3. The van der Waals surface area contributed by atoms with Crippen LogP contribution in [0.4, 0.5) is 0 Å². The van der Waals surface area contributed by atoms with E-state index in [4.69, 9.17) is 20.8 Å². The fourth-order valence-corrected chi connectivity index (χ4v) is 3.56. The number of halogens is 1. The highest BCUT2D eigenvalue weighted by atomic mass is 35.5. The molecule has 116 valence electrons. The lowest BCUT2D eigenvalue weighted by atomic mass is 9.89. The molecule has 0 amide bonds. The number of fused-ring (bicyclic) bond motifs is 2. The van der Waals surface area contributed by atoms with E-state index in [1.165, 1.54) is 11.1 Å². The van der Waals surface area contributed by atoms with Crippen LogP contribution in [0.1, 0.15) is 29.2 Å². The second-order valence-corrected chi connectivity index (χ2v) is 6.50. The zero-order chi connectivity index (χ0) is 16.1. The molecular weight excluding hydrogens is 308 g/mol. The lowest BCUT2D eigenvalue weighted by Crippen LogP contribution is -2.12. The fraction of sp³-hybridized carbons (Fsp3) is 0.200. The minimum Gasteiger partial charge on any atom is -0.488 e. The monoisotopic (exact) mass is 324 g/mol. The predicted molar refractivity (Wildman–Crippen MR) is 94.3 cm³/mol. The summed E-state index contributed by atoms with van der Waals surface area (Å²) in [5, 5.41) is 1.89. The molecule has 0 N–H and O–H groups in total. The molecule has 3 aromatic rings. The van der Waals surface area contributed by atoms with E-state index in [0.717, 1.165) is 44.0 Å². The van der Waals surface area contributed by atoms with Gasteiger partial charge in [0.2, 0.25) is 0 Å². The molecular formula is C20H17ClO2. The molecule has 2 aromatic carbocycles. The molecule has 1 aliphatic rings. The van der Waals surface area contributed by atoms with Crippen molar-refractivity contribution in [3.8, 4) is 5.75 Å². The summed E-state index contributed by atoms with van der Waals surface area (Å²) in [6.45, 7) is 6.78. The van der Waals surface area contributed by atoms with E-state index >= 15 is 0 Å². The van der Waals surface area contributed by atoms with Gasteiger partial charge >= 0.3 is 0 Å². The molecule has 0 saturated carbocycles. The van der Waals surface area contributed by atoms with E-state index in [-0.39, 0.29) is 0 Å². The van der Waals surface area contributed by atoms with Crippen LogP contribution in [0.3, 0.4) is 0 Å². The van der Waals surface area contributed by atoms with Gasteiger partial charge in [0.25, 0.3) is 0 Å². The van der Waals surface area contributed by atoms with Crippen molar-refractivity contribution in [2.75, 3.05) is 6.61 Å². The van der Waals surface area contributed by atoms with E-state index < -0.39 is 0 Å². The molecule has 0 atom stereocenters. The molecule has 1 aromatic heterocycles. The van der Waals surface area contributed by atoms with Crippen molar-refractivity contribution in [1.29, 1.82) is 0 Å². The largest absolute Gasteiger partial charge is 0.488 e. The van der Waals surface area contributed by atoms with Crippen LogP contribution in [0, 0.1) is 13.8 Å². The second-order valence-electron chi connectivity index (χ2n) is 6.10. The number of furan rings is 1. The third-order valence-corrected chi connectivity index (χ3v) is 4.84. The van der Waals surface area contributed by atoms with Gasteiger partial charge in [-0.2, -0.15) is 0 Å². The third-order valence-electron chi connectivity index (χ3n) is 4.51. The summed E-state index contributed by atoms with van der Waals surface area (Å²) in [5.41, 5.74) is 7.58. The summed E-state index contributed by atoms with van der Waals surface area (Å²) < 4.78 is 11.7. The number of aryl methyl sites for hydroxylation is 2. The third kappa shape index (κ3) is 2.09. The lowest BCUT2D eigenvalue weighted by Gasteiger charge is -2.25. The Balaban J connectivity index is 2.07. The Bertz CT molecular complexity index is 963. The zero-order valence-corrected chi connectivity index (χ0v) is 14.1. The van der Waals surface area contributed by atoms with Crippen LogP contribution in [0.25, 0.3) is 16.5 Å². The summed E-state index contributed by atoms with van der Waals surface area (Å²) in [5.74, 6) is 0.896. The number of benzene rings is 2. The van der Waals surface area contributed by atoms with Crippen LogP contribution < -0.4 is 4.74 Å². The van der Waals surface area contributed by atoms with Gasteiger partial charge in [-0.05, 0) is 49.6 Å². The van der Waals surface area contributed by atoms with E-state index in [9.17, 15) is 0 Å². The Labute approximate surface area is 140 Å². The summed E-state index contributed by atoms with van der Waals surface area (Å²) >= 11 is 6.46. The fourth-order valence-electron chi connectivity index (χ4n) is 3.33. The van der Waals surface area contributed by atoms with E-state index in [0.29, 0.717) is 6.61 Å². The van der Waals surface area contributed by atoms with Gasteiger partial charge in [-0.3, -0.25) is 0 Å². The molecule has 0 saturated heterocycles. The van der Waals surface area contributed by atoms with Crippen molar-refractivity contribution >= 4 is 28.1 Å². The summed E-state index contributed by atoms with van der Waals surface area (Å²) in [6, 6.07) is 10.1. The van der Waals surface area contributed by atoms with Gasteiger partial charge in [-0.15, -0.1) is 0 Å². The van der Waals surface area contributed by atoms with Crippen LogP contribution in [0.15, 0.2) is 46.6 Å². The summed E-state index contributed by atoms with van der Waals surface area (Å²) in [7, 11) is 0. The first kappa shape index (κ1) is 14.4. The Morgan fingerprint density at radius 3 is 2.61 bits per heavy atom. The first-order chi connectivity index (χ1) is 11.1. The lowest BCUT2D eigenvalue weighted by molar-refractivity contribution is 0.344. The number of rotatable bonds is 1. The van der Waals surface area contributed by atoms with Crippen LogP contribution in [0.2, 0.25) is 5.02 Å². The molecule has 0 unspecified atom stereocenters. The first-order valence-electron chi connectivity index (χ1n) is 7.67. The Hall–Kier alpha value is -2.19. The van der Waals surface area contributed by atoms with Gasteiger partial charge in [0.05, 0.1) is 6.26 Å². The van der Waals surface area contributed by atoms with Gasteiger partial charge < -0.3 is 9.15 Å². The SMILES string of the molecule is CC1=C(c2ccccc2Cl)c2cc3c(C)coc3c(C)c2OC1. The van der Waals surface area contributed by atoms with Crippen molar-refractivity contribution < 1.29 is 9.15 Å². The number of hydrogen-bond donors (Lipinski definition) is 0. The van der Waals surface area contributed by atoms with E-state index in [1.54, 1.807) is 6.26 Å². The van der Waals surface area contributed by atoms with Crippen LogP contribution >= 0.6 is 11.6 Å². The van der Waals surface area contributed by atoms with Gasteiger partial charge in [-0.25, -0.2) is 0 Å². The minimum absolute atomic E-state index is 0.569. The molecule has 4 rings (SSSR count). The molecule has 0 radical (unpaired) electrons. The summed E-state index contributed by atoms with van der Waals surface area (Å²) in [6.07, 6.45) is 1.80. The maximum absolute atomic E-state index is 6.46. The first-order valence-corrected chi connectivity index (χ1v) is 8.05. The molecule has 0 spiro atoms. The molecule has 3 heteroatoms. The maximum Gasteiger partial charge on any atom is 0.140 e. The van der Waals surface area contributed by atoms with Gasteiger partial charge in [0.15, 0.2) is 0 Å². The quantitative estimate of drug-likeness (QED) is 0.554. The average Bonchev–Trinajstić information content (AvgIpc) is 2.90. The Morgan fingerprint density at radius 1 is 1.04 bits per heavy atom. The Morgan fingerprint density at radius 2 is 1.83 bits per heavy atom. The molecule has 2 heterocycles. The highest BCUT2D eigenvalue weighted by Crippen LogP contribution is 2.44. The number of hydrogen-bond acceptors (Lipinski definition) is 2. The number of ether oxygens (including phenoxy) is 1. The van der Waals surface area contributed by atoms with Gasteiger partial charge in [0.1, 0.15) is 17.9 Å². The van der Waals surface area contributed by atoms with Crippen molar-refractivity contribution in [3.05, 3.63) is 69.4 Å². The van der Waals surface area contributed by atoms with Crippen molar-refractivity contribution in [1.82, 2.24) is 0 Å². The van der Waals surface area contributed by atoms with Gasteiger partial charge in [0, 0.05) is 27.1 Å². The normalized spacial score (nSPS) is 14.1. The molecule has 23 heavy (non-hydrogen) atoms.